The molecule has 0 spiro atoms. The van der Waals surface area contributed by atoms with E-state index >= 15 is 0 Å². The van der Waals surface area contributed by atoms with Crippen LogP contribution >= 0.6 is 0 Å². The van der Waals surface area contributed by atoms with Gasteiger partial charge in [0, 0.05) is 20.5 Å². The fraction of sp³-hybridized carbons (Fsp3) is 0.500. The molecule has 2 rings (SSSR count). The number of piperidine rings is 1. The zero-order valence-corrected chi connectivity index (χ0v) is 14.7. The molecule has 1 aromatic rings. The number of hydrogen-bond donors (Lipinski definition) is 1. The highest BCUT2D eigenvalue weighted by molar-refractivity contribution is 6.04. The van der Waals surface area contributed by atoms with E-state index in [1.807, 2.05) is 31.1 Å². The van der Waals surface area contributed by atoms with Gasteiger partial charge >= 0.3 is 0 Å². The molecule has 2 atom stereocenters. The van der Waals surface area contributed by atoms with Crippen molar-refractivity contribution in [2.45, 2.75) is 45.1 Å². The van der Waals surface area contributed by atoms with E-state index in [0.29, 0.717) is 24.4 Å². The highest BCUT2D eigenvalue weighted by Gasteiger charge is 2.33. The van der Waals surface area contributed by atoms with Crippen molar-refractivity contribution >= 4 is 29.6 Å². The Labute approximate surface area is 142 Å². The van der Waals surface area contributed by atoms with Crippen LogP contribution in [0.4, 0.5) is 11.4 Å². The van der Waals surface area contributed by atoms with E-state index < -0.39 is 11.9 Å². The molecule has 1 heterocycles. The molecule has 1 aliphatic heterocycles. The largest absolute Gasteiger partial charge is 0.376 e. The van der Waals surface area contributed by atoms with Crippen LogP contribution in [0.5, 0.6) is 0 Å². The lowest BCUT2D eigenvalue weighted by Crippen LogP contribution is -2.52. The molecular weight excluding hydrogens is 306 g/mol. The lowest BCUT2D eigenvalue weighted by atomic mass is 9.94. The van der Waals surface area contributed by atoms with Crippen LogP contribution in [0.1, 0.15) is 44.6 Å². The molecule has 0 bridgehead atoms. The van der Waals surface area contributed by atoms with Crippen LogP contribution in [0.15, 0.2) is 18.2 Å². The molecule has 3 amide bonds. The molecule has 1 fully saturated rings. The maximum Gasteiger partial charge on any atom is 0.249 e. The van der Waals surface area contributed by atoms with Gasteiger partial charge in [0.1, 0.15) is 6.04 Å². The number of hydrogen-bond acceptors (Lipinski definition) is 4. The van der Waals surface area contributed by atoms with Gasteiger partial charge in [-0.15, -0.1) is 0 Å². The van der Waals surface area contributed by atoms with E-state index in [0.717, 1.165) is 17.7 Å². The topological polar surface area (TPSA) is 69.7 Å². The number of carbonyl (C=O) groups excluding carboxylic acids is 3. The van der Waals surface area contributed by atoms with Gasteiger partial charge < -0.3 is 9.80 Å². The monoisotopic (exact) mass is 331 g/mol. The van der Waals surface area contributed by atoms with E-state index in [1.165, 1.54) is 4.90 Å². The number of amides is 3. The first-order chi connectivity index (χ1) is 11.4. The van der Waals surface area contributed by atoms with Gasteiger partial charge in [-0.05, 0) is 30.4 Å². The van der Waals surface area contributed by atoms with E-state index in [9.17, 15) is 14.4 Å². The third-order valence-electron chi connectivity index (χ3n) is 4.57. The quantitative estimate of drug-likeness (QED) is 0.640. The number of para-hydroxylation sites is 1. The van der Waals surface area contributed by atoms with Crippen LogP contribution in [0.3, 0.4) is 0 Å². The zero-order chi connectivity index (χ0) is 17.9. The SMILES string of the molecule is CCC(C)c1cccc(N(C=O)C2CCC(=O)NC2=O)c1N(C)C. The summed E-state index contributed by atoms with van der Waals surface area (Å²) in [6, 6.07) is 5.15. The van der Waals surface area contributed by atoms with E-state index in [1.54, 1.807) is 0 Å². The van der Waals surface area contributed by atoms with Crippen molar-refractivity contribution in [3.8, 4) is 0 Å². The third kappa shape index (κ3) is 3.42. The number of benzene rings is 1. The number of anilines is 2. The van der Waals surface area contributed by atoms with Gasteiger partial charge in [0.2, 0.25) is 18.2 Å². The van der Waals surface area contributed by atoms with Crippen LogP contribution < -0.4 is 15.1 Å². The van der Waals surface area contributed by atoms with Crippen molar-refractivity contribution < 1.29 is 14.4 Å². The lowest BCUT2D eigenvalue weighted by Gasteiger charge is -2.34. The Morgan fingerprint density at radius 2 is 2.04 bits per heavy atom. The van der Waals surface area contributed by atoms with Crippen LogP contribution in [-0.2, 0) is 14.4 Å². The predicted octanol–water partition coefficient (Wildman–Crippen LogP) is 2.03. The molecule has 1 saturated heterocycles. The Hall–Kier alpha value is -2.37. The molecule has 0 aliphatic carbocycles. The first kappa shape index (κ1) is 18.0. The van der Waals surface area contributed by atoms with Crippen molar-refractivity contribution in [3.05, 3.63) is 23.8 Å². The Kier molecular flexibility index (Phi) is 5.59. The van der Waals surface area contributed by atoms with Gasteiger partial charge in [-0.2, -0.15) is 0 Å². The Balaban J connectivity index is 2.50. The van der Waals surface area contributed by atoms with E-state index in [4.69, 9.17) is 0 Å². The molecule has 0 saturated carbocycles. The minimum atomic E-state index is -0.661. The summed E-state index contributed by atoms with van der Waals surface area (Å²) in [5.41, 5.74) is 2.77. The summed E-state index contributed by atoms with van der Waals surface area (Å²) < 4.78 is 0. The molecule has 1 aromatic carbocycles. The second kappa shape index (κ2) is 7.47. The van der Waals surface area contributed by atoms with E-state index in [-0.39, 0.29) is 12.3 Å². The first-order valence-corrected chi connectivity index (χ1v) is 8.28. The average Bonchev–Trinajstić information content (AvgIpc) is 2.56. The summed E-state index contributed by atoms with van der Waals surface area (Å²) in [7, 11) is 3.86. The predicted molar refractivity (Wildman–Crippen MR) is 94.2 cm³/mol. The molecule has 1 aliphatic rings. The van der Waals surface area contributed by atoms with Crippen LogP contribution in [0, 0.1) is 0 Å². The summed E-state index contributed by atoms with van der Waals surface area (Å²) in [5.74, 6) is -0.377. The number of carbonyl (C=O) groups is 3. The van der Waals surface area contributed by atoms with Gasteiger partial charge in [-0.1, -0.05) is 26.0 Å². The molecule has 1 N–H and O–H groups in total. The minimum Gasteiger partial charge on any atom is -0.376 e. The summed E-state index contributed by atoms with van der Waals surface area (Å²) in [6.45, 7) is 4.26. The van der Waals surface area contributed by atoms with Crippen molar-refractivity contribution in [1.82, 2.24) is 5.32 Å². The van der Waals surface area contributed by atoms with Crippen molar-refractivity contribution in [2.75, 3.05) is 23.9 Å². The second-order valence-corrected chi connectivity index (χ2v) is 6.40. The van der Waals surface area contributed by atoms with Gasteiger partial charge in [0.05, 0.1) is 11.4 Å². The highest BCUT2D eigenvalue weighted by Crippen LogP contribution is 2.38. The highest BCUT2D eigenvalue weighted by atomic mass is 16.2. The minimum absolute atomic E-state index is 0.239. The van der Waals surface area contributed by atoms with E-state index in [2.05, 4.69) is 25.2 Å². The summed E-state index contributed by atoms with van der Waals surface area (Å²) in [4.78, 5) is 38.8. The molecular formula is C18H25N3O3. The van der Waals surface area contributed by atoms with Gasteiger partial charge in [0.15, 0.2) is 0 Å². The molecule has 6 nitrogen and oxygen atoms in total. The second-order valence-electron chi connectivity index (χ2n) is 6.40. The maximum atomic E-state index is 12.2. The number of imide groups is 1. The summed E-state index contributed by atoms with van der Waals surface area (Å²) >= 11 is 0. The number of rotatable bonds is 6. The summed E-state index contributed by atoms with van der Waals surface area (Å²) in [5, 5.41) is 2.32. The Morgan fingerprint density at radius 3 is 2.58 bits per heavy atom. The fourth-order valence-electron chi connectivity index (χ4n) is 3.11. The smallest absolute Gasteiger partial charge is 0.249 e. The third-order valence-corrected chi connectivity index (χ3v) is 4.57. The van der Waals surface area contributed by atoms with Gasteiger partial charge in [-0.25, -0.2) is 0 Å². The van der Waals surface area contributed by atoms with Crippen molar-refractivity contribution in [2.24, 2.45) is 0 Å². The van der Waals surface area contributed by atoms with Crippen LogP contribution in [0.2, 0.25) is 0 Å². The lowest BCUT2D eigenvalue weighted by molar-refractivity contribution is -0.134. The molecule has 130 valence electrons. The molecule has 0 aromatic heterocycles. The maximum absolute atomic E-state index is 12.2. The Morgan fingerprint density at radius 1 is 1.33 bits per heavy atom. The van der Waals surface area contributed by atoms with Crippen LogP contribution in [-0.4, -0.2) is 38.4 Å². The van der Waals surface area contributed by atoms with Gasteiger partial charge in [0.25, 0.3) is 0 Å². The van der Waals surface area contributed by atoms with Crippen LogP contribution in [0.25, 0.3) is 0 Å². The van der Waals surface area contributed by atoms with Crippen molar-refractivity contribution in [1.29, 1.82) is 0 Å². The molecule has 0 radical (unpaired) electrons. The molecule has 24 heavy (non-hydrogen) atoms. The normalized spacial score (nSPS) is 18.8. The zero-order valence-electron chi connectivity index (χ0n) is 14.7. The van der Waals surface area contributed by atoms with Crippen molar-refractivity contribution in [3.63, 3.8) is 0 Å². The fourth-order valence-corrected chi connectivity index (χ4v) is 3.11. The molecule has 2 unspecified atom stereocenters. The number of nitrogens with zero attached hydrogens (tertiary/aromatic N) is 2. The number of nitrogens with one attached hydrogen (secondary N) is 1. The first-order valence-electron chi connectivity index (χ1n) is 8.28. The average molecular weight is 331 g/mol. The summed E-state index contributed by atoms with van der Waals surface area (Å²) in [6.07, 6.45) is 2.24. The van der Waals surface area contributed by atoms with Gasteiger partial charge in [-0.3, -0.25) is 19.7 Å². The standard InChI is InChI=1S/C18H25N3O3/c1-5-12(2)13-7-6-8-14(17(13)20(3)4)21(11-22)15-9-10-16(23)19-18(15)24/h6-8,11-12,15H,5,9-10H2,1-4H3,(H,19,23,24). The Bertz CT molecular complexity index is 642. The molecule has 6 heteroatoms.